The van der Waals surface area contributed by atoms with Crippen molar-refractivity contribution >= 4 is 10.0 Å². The fraction of sp³-hybridized carbons (Fsp3) is 0.357. The molecule has 1 aliphatic rings. The third-order valence-corrected chi connectivity index (χ3v) is 5.59. The summed E-state index contributed by atoms with van der Waals surface area (Å²) in [5.41, 5.74) is 0.847. The predicted octanol–water partition coefficient (Wildman–Crippen LogP) is 0.753. The summed E-state index contributed by atoms with van der Waals surface area (Å²) >= 11 is 0. The van der Waals surface area contributed by atoms with Crippen LogP contribution in [-0.2, 0) is 10.0 Å². The first-order chi connectivity index (χ1) is 10.6. The summed E-state index contributed by atoms with van der Waals surface area (Å²) in [6.45, 7) is 1.54. The van der Waals surface area contributed by atoms with Gasteiger partial charge in [-0.2, -0.15) is 4.31 Å². The van der Waals surface area contributed by atoms with Gasteiger partial charge < -0.3 is 15.0 Å². The zero-order valence-electron chi connectivity index (χ0n) is 12.2. The number of imidazole rings is 1. The lowest BCUT2D eigenvalue weighted by molar-refractivity contribution is 0.264. The molecule has 1 atom stereocenters. The smallest absolute Gasteiger partial charge is 0.260 e. The molecule has 2 heterocycles. The molecule has 0 saturated carbocycles. The standard InChI is InChI=1S/C14H18N4O3S/c1-21-13-5-3-2-4-11(13)12-8-15-6-7-18(12)22(19,20)14-9-16-10-17-14/h2-5,9-10,12,15H,6-8H2,1H3,(H,16,17). The zero-order chi connectivity index (χ0) is 15.6. The van der Waals surface area contributed by atoms with E-state index in [-0.39, 0.29) is 11.1 Å². The molecule has 0 bridgehead atoms. The Balaban J connectivity index is 2.02. The van der Waals surface area contributed by atoms with Crippen molar-refractivity contribution in [3.05, 3.63) is 42.4 Å². The summed E-state index contributed by atoms with van der Waals surface area (Å²) in [7, 11) is -2.04. The molecule has 2 N–H and O–H groups in total. The van der Waals surface area contributed by atoms with Crippen molar-refractivity contribution in [2.75, 3.05) is 26.7 Å². The molecule has 118 valence electrons. The maximum atomic E-state index is 12.8. The minimum absolute atomic E-state index is 0.106. The molecule has 1 aromatic carbocycles. The van der Waals surface area contributed by atoms with Crippen molar-refractivity contribution < 1.29 is 13.2 Å². The Morgan fingerprint density at radius 3 is 2.91 bits per heavy atom. The minimum Gasteiger partial charge on any atom is -0.496 e. The number of benzene rings is 1. The van der Waals surface area contributed by atoms with Crippen molar-refractivity contribution in [2.45, 2.75) is 11.1 Å². The number of piperazine rings is 1. The van der Waals surface area contributed by atoms with Crippen LogP contribution in [0.2, 0.25) is 0 Å². The van der Waals surface area contributed by atoms with Gasteiger partial charge in [0.15, 0.2) is 5.03 Å². The van der Waals surface area contributed by atoms with Crippen LogP contribution in [-0.4, -0.2) is 49.4 Å². The molecule has 0 amide bonds. The Morgan fingerprint density at radius 2 is 2.18 bits per heavy atom. The molecular weight excluding hydrogens is 304 g/mol. The number of ether oxygens (including phenoxy) is 1. The molecule has 1 unspecified atom stereocenters. The van der Waals surface area contributed by atoms with Gasteiger partial charge in [0.2, 0.25) is 0 Å². The van der Waals surface area contributed by atoms with Crippen LogP contribution in [0.3, 0.4) is 0 Å². The molecule has 1 aliphatic heterocycles. The molecule has 22 heavy (non-hydrogen) atoms. The topological polar surface area (TPSA) is 87.3 Å². The summed E-state index contributed by atoms with van der Waals surface area (Å²) in [5, 5.41) is 3.35. The lowest BCUT2D eigenvalue weighted by Crippen LogP contribution is -2.48. The molecule has 7 nitrogen and oxygen atoms in total. The van der Waals surface area contributed by atoms with E-state index in [1.807, 2.05) is 24.3 Å². The van der Waals surface area contributed by atoms with E-state index < -0.39 is 10.0 Å². The number of hydrogen-bond acceptors (Lipinski definition) is 5. The van der Waals surface area contributed by atoms with Crippen LogP contribution in [0, 0.1) is 0 Å². The second-order valence-electron chi connectivity index (χ2n) is 4.99. The molecule has 2 aromatic rings. The number of H-pyrrole nitrogens is 1. The maximum absolute atomic E-state index is 12.8. The summed E-state index contributed by atoms with van der Waals surface area (Å²) in [6, 6.07) is 7.16. The first-order valence-corrected chi connectivity index (χ1v) is 8.42. The second kappa shape index (κ2) is 6.07. The molecule has 1 saturated heterocycles. The van der Waals surface area contributed by atoms with Gasteiger partial charge in [-0.3, -0.25) is 0 Å². The third-order valence-electron chi connectivity index (χ3n) is 3.75. The van der Waals surface area contributed by atoms with E-state index in [0.717, 1.165) is 5.56 Å². The maximum Gasteiger partial charge on any atom is 0.260 e. The normalized spacial score (nSPS) is 20.0. The van der Waals surface area contributed by atoms with Gasteiger partial charge in [-0.25, -0.2) is 13.4 Å². The number of nitrogens with one attached hydrogen (secondary N) is 2. The molecule has 0 spiro atoms. The molecule has 3 rings (SSSR count). The van der Waals surface area contributed by atoms with Crippen LogP contribution in [0.4, 0.5) is 0 Å². The van der Waals surface area contributed by atoms with E-state index in [2.05, 4.69) is 15.3 Å². The lowest BCUT2D eigenvalue weighted by Gasteiger charge is -2.35. The second-order valence-corrected chi connectivity index (χ2v) is 6.85. The average molecular weight is 322 g/mol. The molecular formula is C14H18N4O3S. The number of hydrogen-bond donors (Lipinski definition) is 2. The number of sulfonamides is 1. The number of aromatic amines is 1. The van der Waals surface area contributed by atoms with Gasteiger partial charge >= 0.3 is 0 Å². The van der Waals surface area contributed by atoms with Crippen LogP contribution < -0.4 is 10.1 Å². The highest BCUT2D eigenvalue weighted by Gasteiger charge is 2.36. The Kier molecular flexibility index (Phi) is 4.14. The van der Waals surface area contributed by atoms with Gasteiger partial charge in [0.05, 0.1) is 25.7 Å². The summed E-state index contributed by atoms with van der Waals surface area (Å²) in [5.74, 6) is 0.681. The predicted molar refractivity (Wildman–Crippen MR) is 81.1 cm³/mol. The number of rotatable bonds is 4. The first-order valence-electron chi connectivity index (χ1n) is 6.98. The third kappa shape index (κ3) is 2.60. The largest absolute Gasteiger partial charge is 0.496 e. The first kappa shape index (κ1) is 15.0. The van der Waals surface area contributed by atoms with Crippen LogP contribution in [0.15, 0.2) is 41.8 Å². The average Bonchev–Trinajstić information content (AvgIpc) is 3.10. The Morgan fingerprint density at radius 1 is 1.36 bits per heavy atom. The van der Waals surface area contributed by atoms with Crippen molar-refractivity contribution in [1.29, 1.82) is 0 Å². The van der Waals surface area contributed by atoms with Gasteiger partial charge in [0.25, 0.3) is 10.0 Å². The van der Waals surface area contributed by atoms with Crippen molar-refractivity contribution in [2.24, 2.45) is 0 Å². The number of nitrogens with zero attached hydrogens (tertiary/aromatic N) is 2. The highest BCUT2D eigenvalue weighted by molar-refractivity contribution is 7.89. The Hall–Kier alpha value is -1.90. The van der Waals surface area contributed by atoms with Crippen LogP contribution in [0.1, 0.15) is 11.6 Å². The molecule has 1 aromatic heterocycles. The fourth-order valence-electron chi connectivity index (χ4n) is 2.69. The number of methoxy groups -OCH3 is 1. The van der Waals surface area contributed by atoms with E-state index in [1.54, 1.807) is 7.11 Å². The lowest BCUT2D eigenvalue weighted by atomic mass is 10.0. The molecule has 0 radical (unpaired) electrons. The van der Waals surface area contributed by atoms with Gasteiger partial charge in [-0.1, -0.05) is 18.2 Å². The van der Waals surface area contributed by atoms with E-state index in [1.165, 1.54) is 16.8 Å². The number of aromatic nitrogens is 2. The minimum atomic E-state index is -3.62. The van der Waals surface area contributed by atoms with Crippen LogP contribution >= 0.6 is 0 Å². The van der Waals surface area contributed by atoms with E-state index in [0.29, 0.717) is 25.4 Å². The van der Waals surface area contributed by atoms with Crippen LogP contribution in [0.25, 0.3) is 0 Å². The van der Waals surface area contributed by atoms with E-state index >= 15 is 0 Å². The van der Waals surface area contributed by atoms with Gasteiger partial charge in [-0.15, -0.1) is 0 Å². The monoisotopic (exact) mass is 322 g/mol. The highest BCUT2D eigenvalue weighted by atomic mass is 32.2. The molecule has 8 heteroatoms. The summed E-state index contributed by atoms with van der Waals surface area (Å²) < 4.78 is 32.5. The zero-order valence-corrected chi connectivity index (χ0v) is 13.0. The van der Waals surface area contributed by atoms with Crippen molar-refractivity contribution in [1.82, 2.24) is 19.6 Å². The fourth-order valence-corrected chi connectivity index (χ4v) is 4.19. The van der Waals surface area contributed by atoms with Gasteiger partial charge in [-0.05, 0) is 6.07 Å². The Bertz CT molecular complexity index is 730. The van der Waals surface area contributed by atoms with Gasteiger partial charge in [0, 0.05) is 25.2 Å². The van der Waals surface area contributed by atoms with Gasteiger partial charge in [0.1, 0.15) is 5.75 Å². The van der Waals surface area contributed by atoms with E-state index in [4.69, 9.17) is 4.74 Å². The highest BCUT2D eigenvalue weighted by Crippen LogP contribution is 2.33. The van der Waals surface area contributed by atoms with E-state index in [9.17, 15) is 8.42 Å². The SMILES string of the molecule is COc1ccccc1C1CNCCN1S(=O)(=O)c1cnc[nH]1. The van der Waals surface area contributed by atoms with Crippen molar-refractivity contribution in [3.8, 4) is 5.75 Å². The van der Waals surface area contributed by atoms with Crippen molar-refractivity contribution in [3.63, 3.8) is 0 Å². The summed E-state index contributed by atoms with van der Waals surface area (Å²) in [6.07, 6.45) is 2.70. The Labute approximate surface area is 129 Å². The molecule has 0 aliphatic carbocycles. The quantitative estimate of drug-likeness (QED) is 0.867. The number of para-hydroxylation sites is 1. The molecule has 1 fully saturated rings. The summed E-state index contributed by atoms with van der Waals surface area (Å²) in [4.78, 5) is 6.50. The van der Waals surface area contributed by atoms with Crippen LogP contribution in [0.5, 0.6) is 5.75 Å².